The maximum absolute atomic E-state index is 12.1. The number of carbonyl (C=O) groups is 7. The van der Waals surface area contributed by atoms with Crippen molar-refractivity contribution in [2.75, 3.05) is 26.3 Å². The summed E-state index contributed by atoms with van der Waals surface area (Å²) in [4.78, 5) is 83.2. The molecule has 2 aliphatic rings. The Kier molecular flexibility index (Phi) is 12.7. The molecule has 1 fully saturated rings. The summed E-state index contributed by atoms with van der Waals surface area (Å²) in [6, 6.07) is -1.08. The Balaban J connectivity index is 1.95. The van der Waals surface area contributed by atoms with Crippen LogP contribution in [0.4, 0.5) is 0 Å². The van der Waals surface area contributed by atoms with Gasteiger partial charge in [-0.05, 0) is 12.8 Å². The van der Waals surface area contributed by atoms with Crippen LogP contribution in [0.25, 0.3) is 0 Å². The monoisotopic (exact) mass is 569 g/mol. The highest BCUT2D eigenvalue weighted by Crippen LogP contribution is 2.28. The summed E-state index contributed by atoms with van der Waals surface area (Å²) in [5, 5.41) is 5.24. The summed E-state index contributed by atoms with van der Waals surface area (Å²) in [5.41, 5.74) is 0. The first-order chi connectivity index (χ1) is 18.9. The summed E-state index contributed by atoms with van der Waals surface area (Å²) in [6.07, 6.45) is -1.42. The van der Waals surface area contributed by atoms with Crippen molar-refractivity contribution in [1.29, 1.82) is 0 Å². The molecular weight excluding hydrogens is 534 g/mol. The first kappa shape index (κ1) is 32.4. The zero-order valence-corrected chi connectivity index (χ0v) is 22.8. The zero-order chi connectivity index (χ0) is 29.8. The average Bonchev–Trinajstić information content (AvgIpc) is 3.17. The van der Waals surface area contributed by atoms with Crippen LogP contribution in [0.3, 0.4) is 0 Å². The Hall–Kier alpha value is -3.85. The average molecular weight is 570 g/mol. The molecule has 222 valence electrons. The third-order valence-corrected chi connectivity index (χ3v) is 5.71. The van der Waals surface area contributed by atoms with Gasteiger partial charge in [-0.2, -0.15) is 0 Å². The van der Waals surface area contributed by atoms with Gasteiger partial charge >= 0.3 is 17.9 Å². The zero-order valence-electron chi connectivity index (χ0n) is 22.8. The minimum absolute atomic E-state index is 0.0649. The second kappa shape index (κ2) is 15.7. The smallest absolute Gasteiger partial charge is 0.303 e. The molecule has 0 radical (unpaired) electrons. The number of hydrogen-bond donors (Lipinski definition) is 2. The van der Waals surface area contributed by atoms with Crippen molar-refractivity contribution in [3.8, 4) is 0 Å². The molecular formula is C25H35N3O12. The molecule has 2 N–H and O–H groups in total. The number of amides is 4. The van der Waals surface area contributed by atoms with Crippen LogP contribution in [-0.2, 0) is 57.2 Å². The SMILES string of the molecule is CC(=O)N[C@H]1[C@H](OCCCCC(=O)NCCN2C(=O)C=CC2=O)O[C@H](COC(C)=O)[C@H](OC(C)=O)[C@@H]1OC(C)=O. The second-order valence-corrected chi connectivity index (χ2v) is 9.06. The van der Waals surface area contributed by atoms with Crippen LogP contribution in [0, 0.1) is 0 Å². The molecule has 0 aliphatic carbocycles. The van der Waals surface area contributed by atoms with Crippen molar-refractivity contribution in [3.05, 3.63) is 12.2 Å². The lowest BCUT2D eigenvalue weighted by molar-refractivity contribution is -0.277. The number of hydrogen-bond acceptors (Lipinski definition) is 12. The number of rotatable bonds is 14. The van der Waals surface area contributed by atoms with Gasteiger partial charge in [-0.1, -0.05) is 0 Å². The number of carbonyl (C=O) groups excluding carboxylic acids is 7. The summed E-state index contributed by atoms with van der Waals surface area (Å²) in [5.74, 6) is -3.68. The minimum atomic E-state index is -1.22. The van der Waals surface area contributed by atoms with E-state index in [1.807, 2.05) is 0 Å². The van der Waals surface area contributed by atoms with Crippen molar-refractivity contribution in [2.45, 2.75) is 77.6 Å². The first-order valence-electron chi connectivity index (χ1n) is 12.7. The number of unbranched alkanes of at least 4 members (excludes halogenated alkanes) is 1. The van der Waals surface area contributed by atoms with Crippen LogP contribution < -0.4 is 10.6 Å². The number of nitrogens with zero attached hydrogens (tertiary/aromatic N) is 1. The van der Waals surface area contributed by atoms with E-state index in [9.17, 15) is 33.6 Å². The first-order valence-corrected chi connectivity index (χ1v) is 12.7. The number of esters is 3. The van der Waals surface area contributed by atoms with Gasteiger partial charge in [0.05, 0.1) is 0 Å². The number of nitrogens with one attached hydrogen (secondary N) is 2. The van der Waals surface area contributed by atoms with Crippen molar-refractivity contribution < 1.29 is 57.2 Å². The third kappa shape index (κ3) is 10.4. The van der Waals surface area contributed by atoms with Crippen LogP contribution in [0.2, 0.25) is 0 Å². The van der Waals surface area contributed by atoms with Crippen molar-refractivity contribution in [2.24, 2.45) is 0 Å². The second-order valence-electron chi connectivity index (χ2n) is 9.06. The van der Waals surface area contributed by atoms with E-state index >= 15 is 0 Å². The number of ether oxygens (including phenoxy) is 5. The Morgan fingerprint density at radius 3 is 2.10 bits per heavy atom. The molecule has 0 spiro atoms. The summed E-state index contributed by atoms with van der Waals surface area (Å²) < 4.78 is 27.5. The summed E-state index contributed by atoms with van der Waals surface area (Å²) in [7, 11) is 0. The molecule has 1 saturated heterocycles. The standard InChI is InChI=1S/C25H35N3O12/c1-14(29)27-22-24(39-17(4)32)23(38-16(3)31)18(13-37-15(2)30)40-25(22)36-12-6-5-7-19(33)26-10-11-28-20(34)8-9-21(28)35/h8-9,18,22-25H,5-7,10-13H2,1-4H3,(H,26,33)(H,27,29)/t18-,22-,23+,24-,25-/m1/s1. The molecule has 40 heavy (non-hydrogen) atoms. The van der Waals surface area contributed by atoms with Gasteiger partial charge in [-0.15, -0.1) is 0 Å². The van der Waals surface area contributed by atoms with Gasteiger partial charge in [0.15, 0.2) is 18.5 Å². The highest BCUT2D eigenvalue weighted by molar-refractivity contribution is 6.12. The molecule has 5 atom stereocenters. The largest absolute Gasteiger partial charge is 0.463 e. The Morgan fingerprint density at radius 2 is 1.52 bits per heavy atom. The fourth-order valence-corrected chi connectivity index (χ4v) is 4.07. The highest BCUT2D eigenvalue weighted by atomic mass is 16.7. The van der Waals surface area contributed by atoms with Gasteiger partial charge in [-0.3, -0.25) is 38.5 Å². The molecule has 0 bridgehead atoms. The van der Waals surface area contributed by atoms with E-state index in [2.05, 4.69) is 10.6 Å². The Bertz CT molecular complexity index is 995. The van der Waals surface area contributed by atoms with Crippen molar-refractivity contribution in [3.63, 3.8) is 0 Å². The lowest BCUT2D eigenvalue weighted by Crippen LogP contribution is -2.66. The van der Waals surface area contributed by atoms with Crippen LogP contribution in [-0.4, -0.2) is 103 Å². The lowest BCUT2D eigenvalue weighted by Gasteiger charge is -2.44. The van der Waals surface area contributed by atoms with Gasteiger partial charge in [0.1, 0.15) is 18.8 Å². The van der Waals surface area contributed by atoms with E-state index in [-0.39, 0.29) is 38.6 Å². The van der Waals surface area contributed by atoms with Gasteiger partial charge in [0.2, 0.25) is 11.8 Å². The molecule has 15 nitrogen and oxygen atoms in total. The Morgan fingerprint density at radius 1 is 0.900 bits per heavy atom. The normalized spacial score (nSPS) is 23.9. The fourth-order valence-electron chi connectivity index (χ4n) is 4.07. The molecule has 0 unspecified atom stereocenters. The van der Waals surface area contributed by atoms with E-state index in [4.69, 9.17) is 23.7 Å². The van der Waals surface area contributed by atoms with Crippen LogP contribution in [0.1, 0.15) is 47.0 Å². The van der Waals surface area contributed by atoms with Crippen LogP contribution in [0.15, 0.2) is 12.2 Å². The van der Waals surface area contributed by atoms with E-state index in [1.54, 1.807) is 0 Å². The topological polar surface area (TPSA) is 193 Å². The van der Waals surface area contributed by atoms with E-state index in [0.29, 0.717) is 12.8 Å². The van der Waals surface area contributed by atoms with Gasteiger partial charge in [0.25, 0.3) is 11.8 Å². The highest BCUT2D eigenvalue weighted by Gasteiger charge is 2.51. The van der Waals surface area contributed by atoms with Gasteiger partial charge < -0.3 is 34.3 Å². The van der Waals surface area contributed by atoms with Crippen molar-refractivity contribution in [1.82, 2.24) is 15.5 Å². The molecule has 15 heteroatoms. The Labute approximate surface area is 230 Å². The molecule has 2 aliphatic heterocycles. The van der Waals surface area contributed by atoms with Crippen LogP contribution in [0.5, 0.6) is 0 Å². The third-order valence-electron chi connectivity index (χ3n) is 5.71. The van der Waals surface area contributed by atoms with Gasteiger partial charge in [-0.25, -0.2) is 0 Å². The molecule has 2 rings (SSSR count). The fraction of sp³-hybridized carbons (Fsp3) is 0.640. The predicted molar refractivity (Wildman–Crippen MR) is 133 cm³/mol. The van der Waals surface area contributed by atoms with Gasteiger partial charge in [0, 0.05) is 66.0 Å². The molecule has 0 aromatic heterocycles. The molecule has 0 aromatic rings. The number of imide groups is 1. The minimum Gasteiger partial charge on any atom is -0.463 e. The molecule has 2 heterocycles. The molecule has 0 aromatic carbocycles. The quantitative estimate of drug-likeness (QED) is 0.111. The van der Waals surface area contributed by atoms with E-state index < -0.39 is 66.3 Å². The molecule has 4 amide bonds. The predicted octanol–water partition coefficient (Wildman–Crippen LogP) is -1.13. The maximum atomic E-state index is 12.1. The molecule has 0 saturated carbocycles. The summed E-state index contributed by atoms with van der Waals surface area (Å²) in [6.45, 7) is 4.61. The van der Waals surface area contributed by atoms with Crippen molar-refractivity contribution >= 4 is 41.5 Å². The van der Waals surface area contributed by atoms with E-state index in [0.717, 1.165) is 18.7 Å². The van der Waals surface area contributed by atoms with Crippen LogP contribution >= 0.6 is 0 Å². The maximum Gasteiger partial charge on any atom is 0.303 e. The van der Waals surface area contributed by atoms with E-state index in [1.165, 1.54) is 26.0 Å². The lowest BCUT2D eigenvalue weighted by atomic mass is 9.96. The summed E-state index contributed by atoms with van der Waals surface area (Å²) >= 11 is 0.